The molecule has 1 aromatic heterocycles. The van der Waals surface area contributed by atoms with Gasteiger partial charge >= 0.3 is 5.97 Å². The molecule has 2 aromatic carbocycles. The third kappa shape index (κ3) is 3.68. The molecular weight excluding hydrogens is 380 g/mol. The van der Waals surface area contributed by atoms with E-state index in [0.717, 1.165) is 28.6 Å². The molecule has 4 rings (SSSR count). The van der Waals surface area contributed by atoms with Gasteiger partial charge in [0, 0.05) is 29.6 Å². The van der Waals surface area contributed by atoms with Gasteiger partial charge in [0.1, 0.15) is 0 Å². The molecule has 6 heteroatoms. The van der Waals surface area contributed by atoms with Crippen molar-refractivity contribution >= 4 is 34.3 Å². The molecule has 0 unspecified atom stereocenters. The molecule has 0 aliphatic carbocycles. The number of aromatic nitrogens is 1. The zero-order chi connectivity index (χ0) is 21.3. The average Bonchev–Trinajstić information content (AvgIpc) is 3.18. The first kappa shape index (κ1) is 19.8. The molecule has 0 N–H and O–H groups in total. The molecule has 0 atom stereocenters. The number of amides is 1. The summed E-state index contributed by atoms with van der Waals surface area (Å²) in [4.78, 5) is 43.2. The summed E-state index contributed by atoms with van der Waals surface area (Å²) in [6.07, 6.45) is 1.40. The highest BCUT2D eigenvalue weighted by atomic mass is 16.5. The minimum absolute atomic E-state index is 0.0951. The number of nitrogens with zero attached hydrogens (tertiary/aromatic N) is 2. The fraction of sp³-hybridized carbons (Fsp3) is 0.250. The molecule has 6 nitrogen and oxygen atoms in total. The van der Waals surface area contributed by atoms with E-state index in [-0.39, 0.29) is 18.3 Å². The second kappa shape index (κ2) is 8.06. The number of pyridine rings is 1. The second-order valence-electron chi connectivity index (χ2n) is 7.41. The van der Waals surface area contributed by atoms with Gasteiger partial charge < -0.3 is 9.64 Å². The standard InChI is InChI=1S/C24H22N2O4/c1-15-19-6-3-4-7-20(19)25-16(2)23(15)24(29)30-14-21(27)17-9-11-18(12-10-17)26-13-5-8-22(26)28/h3-4,6-7,9-12H,5,8,13-14H2,1-2H3. The first-order valence-corrected chi connectivity index (χ1v) is 9.92. The first-order valence-electron chi connectivity index (χ1n) is 9.92. The van der Waals surface area contributed by atoms with Gasteiger partial charge in [-0.3, -0.25) is 14.6 Å². The number of rotatable bonds is 5. The summed E-state index contributed by atoms with van der Waals surface area (Å²) in [5.41, 5.74) is 3.78. The number of aryl methyl sites for hydroxylation is 2. The molecule has 0 spiro atoms. The SMILES string of the molecule is Cc1nc2ccccc2c(C)c1C(=O)OCC(=O)c1ccc(N2CCCC2=O)cc1. The van der Waals surface area contributed by atoms with E-state index in [0.29, 0.717) is 29.8 Å². The van der Waals surface area contributed by atoms with Crippen molar-refractivity contribution in [3.63, 3.8) is 0 Å². The Hall–Kier alpha value is -3.54. The van der Waals surface area contributed by atoms with Crippen LogP contribution in [0.2, 0.25) is 0 Å². The molecule has 30 heavy (non-hydrogen) atoms. The number of hydrogen-bond donors (Lipinski definition) is 0. The fourth-order valence-corrected chi connectivity index (χ4v) is 3.87. The number of esters is 1. The number of hydrogen-bond acceptors (Lipinski definition) is 5. The molecular formula is C24H22N2O4. The predicted molar refractivity (Wildman–Crippen MR) is 114 cm³/mol. The van der Waals surface area contributed by atoms with Crippen LogP contribution in [0.15, 0.2) is 48.5 Å². The minimum Gasteiger partial charge on any atom is -0.454 e. The van der Waals surface area contributed by atoms with Crippen LogP contribution in [0, 0.1) is 13.8 Å². The summed E-state index contributed by atoms with van der Waals surface area (Å²) >= 11 is 0. The van der Waals surface area contributed by atoms with Gasteiger partial charge in [-0.1, -0.05) is 18.2 Å². The predicted octanol–water partition coefficient (Wildman–Crippen LogP) is 4.02. The number of ketones is 1. The molecule has 1 aliphatic rings. The van der Waals surface area contributed by atoms with Crippen LogP contribution in [0.5, 0.6) is 0 Å². The Labute approximate surface area is 174 Å². The van der Waals surface area contributed by atoms with E-state index in [1.807, 2.05) is 31.2 Å². The molecule has 0 radical (unpaired) electrons. The number of carbonyl (C=O) groups excluding carboxylic acids is 3. The van der Waals surface area contributed by atoms with Crippen molar-refractivity contribution in [2.24, 2.45) is 0 Å². The van der Waals surface area contributed by atoms with Gasteiger partial charge in [-0.15, -0.1) is 0 Å². The average molecular weight is 402 g/mol. The van der Waals surface area contributed by atoms with Gasteiger partial charge in [0.2, 0.25) is 5.91 Å². The largest absolute Gasteiger partial charge is 0.454 e. The third-order valence-corrected chi connectivity index (χ3v) is 5.45. The number of fused-ring (bicyclic) bond motifs is 1. The molecule has 1 fully saturated rings. The van der Waals surface area contributed by atoms with Crippen LogP contribution in [0.3, 0.4) is 0 Å². The monoisotopic (exact) mass is 402 g/mol. The van der Waals surface area contributed by atoms with Crippen LogP contribution < -0.4 is 4.90 Å². The lowest BCUT2D eigenvalue weighted by molar-refractivity contribution is -0.117. The Kier molecular flexibility index (Phi) is 5.31. The Balaban J connectivity index is 1.46. The van der Waals surface area contributed by atoms with Gasteiger partial charge in [-0.2, -0.15) is 0 Å². The van der Waals surface area contributed by atoms with Crippen LogP contribution in [0.1, 0.15) is 44.8 Å². The quantitative estimate of drug-likeness (QED) is 0.476. The van der Waals surface area contributed by atoms with Crippen LogP contribution in [-0.2, 0) is 9.53 Å². The number of benzene rings is 2. The lowest BCUT2D eigenvalue weighted by Gasteiger charge is -2.15. The van der Waals surface area contributed by atoms with E-state index < -0.39 is 5.97 Å². The van der Waals surface area contributed by atoms with Crippen LogP contribution >= 0.6 is 0 Å². The molecule has 0 bridgehead atoms. The van der Waals surface area contributed by atoms with Gasteiger partial charge in [-0.25, -0.2) is 4.79 Å². The van der Waals surface area contributed by atoms with Gasteiger partial charge in [0.25, 0.3) is 0 Å². The van der Waals surface area contributed by atoms with Crippen molar-refractivity contribution in [2.45, 2.75) is 26.7 Å². The smallest absolute Gasteiger partial charge is 0.340 e. The normalized spacial score (nSPS) is 13.7. The molecule has 0 saturated carbocycles. The van der Waals surface area contributed by atoms with Crippen molar-refractivity contribution in [1.82, 2.24) is 4.98 Å². The summed E-state index contributed by atoms with van der Waals surface area (Å²) in [5, 5.41) is 0.883. The van der Waals surface area contributed by atoms with Crippen molar-refractivity contribution in [2.75, 3.05) is 18.1 Å². The maximum Gasteiger partial charge on any atom is 0.340 e. The van der Waals surface area contributed by atoms with E-state index in [2.05, 4.69) is 4.98 Å². The van der Waals surface area contributed by atoms with E-state index in [1.165, 1.54) is 0 Å². The number of para-hydroxylation sites is 1. The molecule has 2 heterocycles. The highest BCUT2D eigenvalue weighted by molar-refractivity contribution is 6.02. The van der Waals surface area contributed by atoms with E-state index >= 15 is 0 Å². The topological polar surface area (TPSA) is 76.6 Å². The van der Waals surface area contributed by atoms with E-state index in [9.17, 15) is 14.4 Å². The number of carbonyl (C=O) groups is 3. The summed E-state index contributed by atoms with van der Waals surface area (Å²) in [7, 11) is 0. The van der Waals surface area contributed by atoms with Gasteiger partial charge in [-0.05, 0) is 56.2 Å². The Morgan fingerprint density at radius 2 is 1.80 bits per heavy atom. The van der Waals surface area contributed by atoms with E-state index in [1.54, 1.807) is 36.1 Å². The Morgan fingerprint density at radius 1 is 1.07 bits per heavy atom. The Morgan fingerprint density at radius 3 is 2.50 bits per heavy atom. The zero-order valence-corrected chi connectivity index (χ0v) is 17.0. The van der Waals surface area contributed by atoms with E-state index in [4.69, 9.17) is 4.74 Å². The highest BCUT2D eigenvalue weighted by Crippen LogP contribution is 2.24. The molecule has 1 aliphatic heterocycles. The zero-order valence-electron chi connectivity index (χ0n) is 17.0. The lowest BCUT2D eigenvalue weighted by atomic mass is 10.0. The summed E-state index contributed by atoms with van der Waals surface area (Å²) in [5.74, 6) is -0.764. The van der Waals surface area contributed by atoms with Crippen LogP contribution in [0.25, 0.3) is 10.9 Å². The van der Waals surface area contributed by atoms with Crippen molar-refractivity contribution < 1.29 is 19.1 Å². The maximum absolute atomic E-state index is 12.7. The number of ether oxygens (including phenoxy) is 1. The summed E-state index contributed by atoms with van der Waals surface area (Å²) < 4.78 is 5.31. The third-order valence-electron chi connectivity index (χ3n) is 5.45. The van der Waals surface area contributed by atoms with Crippen LogP contribution in [-0.4, -0.2) is 35.8 Å². The molecule has 152 valence electrons. The fourth-order valence-electron chi connectivity index (χ4n) is 3.87. The summed E-state index contributed by atoms with van der Waals surface area (Å²) in [6.45, 7) is 3.96. The van der Waals surface area contributed by atoms with Crippen molar-refractivity contribution in [3.05, 3.63) is 70.9 Å². The Bertz CT molecular complexity index is 1150. The van der Waals surface area contributed by atoms with Crippen molar-refractivity contribution in [3.8, 4) is 0 Å². The molecule has 1 saturated heterocycles. The van der Waals surface area contributed by atoms with Crippen molar-refractivity contribution in [1.29, 1.82) is 0 Å². The minimum atomic E-state index is -0.559. The van der Waals surface area contributed by atoms with Crippen LogP contribution in [0.4, 0.5) is 5.69 Å². The molecule has 3 aromatic rings. The first-order chi connectivity index (χ1) is 14.5. The maximum atomic E-state index is 12.7. The highest BCUT2D eigenvalue weighted by Gasteiger charge is 2.22. The second-order valence-corrected chi connectivity index (χ2v) is 7.41. The molecule has 1 amide bonds. The van der Waals surface area contributed by atoms with Gasteiger partial charge in [0.15, 0.2) is 12.4 Å². The number of anilines is 1. The lowest BCUT2D eigenvalue weighted by Crippen LogP contribution is -2.23. The van der Waals surface area contributed by atoms with Gasteiger partial charge in [0.05, 0.1) is 16.8 Å². The summed E-state index contributed by atoms with van der Waals surface area (Å²) in [6, 6.07) is 14.4. The number of Topliss-reactive ketones (excluding diaryl/α,β-unsaturated/α-hetero) is 1.